The standard InChI is InChI=1S/C16H22N6O/c1-11-6-22(10-13(23-11)9-21-7-12(17)8-21)14-2-3-19-16-15(14)18-4-5-20-16/h2-5,11-13H,6-10,17H2,1H3/t11-,13-/m1/s1. The minimum atomic E-state index is 0.184. The van der Waals surface area contributed by atoms with E-state index >= 15 is 0 Å². The number of hydrogen-bond donors (Lipinski definition) is 1. The van der Waals surface area contributed by atoms with Crippen LogP contribution in [0.1, 0.15) is 6.92 Å². The number of morpholine rings is 1. The molecule has 0 aromatic carbocycles. The van der Waals surface area contributed by atoms with Gasteiger partial charge in [-0.3, -0.25) is 4.90 Å². The number of fused-ring (bicyclic) bond motifs is 1. The van der Waals surface area contributed by atoms with Gasteiger partial charge in [0.2, 0.25) is 0 Å². The number of hydrogen-bond acceptors (Lipinski definition) is 7. The van der Waals surface area contributed by atoms with E-state index in [-0.39, 0.29) is 12.2 Å². The third kappa shape index (κ3) is 2.99. The first kappa shape index (κ1) is 14.7. The fourth-order valence-corrected chi connectivity index (χ4v) is 3.51. The smallest absolute Gasteiger partial charge is 0.180 e. The van der Waals surface area contributed by atoms with Gasteiger partial charge in [0, 0.05) is 57.4 Å². The summed E-state index contributed by atoms with van der Waals surface area (Å²) in [5, 5.41) is 0. The van der Waals surface area contributed by atoms with Gasteiger partial charge in [-0.2, -0.15) is 0 Å². The fourth-order valence-electron chi connectivity index (χ4n) is 3.51. The Hall–Kier alpha value is -1.83. The number of nitrogens with zero attached hydrogens (tertiary/aromatic N) is 5. The van der Waals surface area contributed by atoms with Gasteiger partial charge in [0.25, 0.3) is 0 Å². The van der Waals surface area contributed by atoms with Crippen molar-refractivity contribution < 1.29 is 4.74 Å². The zero-order chi connectivity index (χ0) is 15.8. The van der Waals surface area contributed by atoms with E-state index in [0.29, 0.717) is 11.7 Å². The number of aromatic nitrogens is 3. The molecule has 0 unspecified atom stereocenters. The predicted octanol–water partition coefficient (Wildman–Crippen LogP) is 0.261. The largest absolute Gasteiger partial charge is 0.370 e. The number of nitrogens with two attached hydrogens (primary N) is 1. The molecule has 0 aliphatic carbocycles. The van der Waals surface area contributed by atoms with Gasteiger partial charge in [0.15, 0.2) is 5.65 Å². The molecule has 0 amide bonds. The zero-order valence-electron chi connectivity index (χ0n) is 13.3. The third-order valence-corrected chi connectivity index (χ3v) is 4.46. The highest BCUT2D eigenvalue weighted by molar-refractivity contribution is 5.85. The van der Waals surface area contributed by atoms with Crippen molar-refractivity contribution in [3.8, 4) is 0 Å². The Labute approximate surface area is 135 Å². The molecule has 7 nitrogen and oxygen atoms in total. The predicted molar refractivity (Wildman–Crippen MR) is 88.3 cm³/mol. The highest BCUT2D eigenvalue weighted by atomic mass is 16.5. The Bertz CT molecular complexity index is 684. The maximum atomic E-state index is 6.12. The van der Waals surface area contributed by atoms with Crippen molar-refractivity contribution in [1.82, 2.24) is 19.9 Å². The minimum absolute atomic E-state index is 0.184. The summed E-state index contributed by atoms with van der Waals surface area (Å²) in [7, 11) is 0. The lowest BCUT2D eigenvalue weighted by molar-refractivity contribution is -0.0429. The lowest BCUT2D eigenvalue weighted by Gasteiger charge is -2.43. The molecule has 4 rings (SSSR count). The molecule has 2 aliphatic heterocycles. The summed E-state index contributed by atoms with van der Waals surface area (Å²) >= 11 is 0. The third-order valence-electron chi connectivity index (χ3n) is 4.46. The number of pyridine rings is 1. The average molecular weight is 314 g/mol. The Balaban J connectivity index is 1.55. The Morgan fingerprint density at radius 3 is 2.74 bits per heavy atom. The molecule has 2 aromatic heterocycles. The van der Waals surface area contributed by atoms with Crippen LogP contribution in [0.4, 0.5) is 5.69 Å². The van der Waals surface area contributed by atoms with Gasteiger partial charge in [-0.1, -0.05) is 0 Å². The number of rotatable bonds is 3. The van der Waals surface area contributed by atoms with Crippen molar-refractivity contribution in [2.24, 2.45) is 5.73 Å². The summed E-state index contributed by atoms with van der Waals surface area (Å²) in [5.41, 5.74) is 8.50. The van der Waals surface area contributed by atoms with Crippen LogP contribution in [-0.2, 0) is 4.74 Å². The molecule has 2 N–H and O–H groups in total. The maximum absolute atomic E-state index is 6.12. The second-order valence-corrected chi connectivity index (χ2v) is 6.51. The van der Waals surface area contributed by atoms with Crippen LogP contribution in [0.25, 0.3) is 11.2 Å². The molecule has 2 fully saturated rings. The van der Waals surface area contributed by atoms with Crippen LogP contribution in [0, 0.1) is 0 Å². The number of likely N-dealkylation sites (tertiary alicyclic amines) is 1. The molecule has 0 spiro atoms. The van der Waals surface area contributed by atoms with E-state index in [1.807, 2.05) is 6.07 Å². The van der Waals surface area contributed by atoms with Crippen molar-refractivity contribution in [3.05, 3.63) is 24.7 Å². The van der Waals surface area contributed by atoms with Gasteiger partial charge in [-0.25, -0.2) is 15.0 Å². The Kier molecular flexibility index (Phi) is 3.84. The van der Waals surface area contributed by atoms with Gasteiger partial charge >= 0.3 is 0 Å². The van der Waals surface area contributed by atoms with E-state index in [9.17, 15) is 0 Å². The van der Waals surface area contributed by atoms with E-state index in [0.717, 1.165) is 43.9 Å². The normalized spacial score (nSPS) is 26.4. The van der Waals surface area contributed by atoms with Crippen molar-refractivity contribution in [2.45, 2.75) is 25.2 Å². The van der Waals surface area contributed by atoms with Crippen molar-refractivity contribution in [1.29, 1.82) is 0 Å². The molecule has 2 saturated heterocycles. The molecule has 2 aliphatic rings. The molecule has 7 heteroatoms. The summed E-state index contributed by atoms with van der Waals surface area (Å²) in [6.45, 7) is 6.70. The zero-order valence-corrected chi connectivity index (χ0v) is 13.3. The SMILES string of the molecule is C[C@@H]1CN(c2ccnc3nccnc23)C[C@@H](CN2CC(N)C2)O1. The summed E-state index contributed by atoms with van der Waals surface area (Å²) < 4.78 is 6.12. The maximum Gasteiger partial charge on any atom is 0.180 e. The summed E-state index contributed by atoms with van der Waals surface area (Å²) in [6, 6.07) is 2.34. The van der Waals surface area contributed by atoms with E-state index < -0.39 is 0 Å². The molecular formula is C16H22N6O. The van der Waals surface area contributed by atoms with Crippen LogP contribution in [-0.4, -0.2) is 70.8 Å². The van der Waals surface area contributed by atoms with Crippen molar-refractivity contribution >= 4 is 16.9 Å². The minimum Gasteiger partial charge on any atom is -0.370 e. The Morgan fingerprint density at radius 1 is 1.13 bits per heavy atom. The van der Waals surface area contributed by atoms with Crippen LogP contribution < -0.4 is 10.6 Å². The monoisotopic (exact) mass is 314 g/mol. The van der Waals surface area contributed by atoms with Gasteiger partial charge in [-0.15, -0.1) is 0 Å². The average Bonchev–Trinajstić information content (AvgIpc) is 2.52. The molecule has 2 aromatic rings. The van der Waals surface area contributed by atoms with Gasteiger partial charge in [-0.05, 0) is 13.0 Å². The van der Waals surface area contributed by atoms with E-state index in [2.05, 4.69) is 31.7 Å². The van der Waals surface area contributed by atoms with E-state index in [1.54, 1.807) is 18.6 Å². The summed E-state index contributed by atoms with van der Waals surface area (Å²) in [6.07, 6.45) is 5.57. The second kappa shape index (κ2) is 5.99. The second-order valence-electron chi connectivity index (χ2n) is 6.51. The summed E-state index contributed by atoms with van der Waals surface area (Å²) in [4.78, 5) is 17.8. The lowest BCUT2D eigenvalue weighted by Crippen LogP contribution is -2.60. The highest BCUT2D eigenvalue weighted by Crippen LogP contribution is 2.26. The Morgan fingerprint density at radius 2 is 1.91 bits per heavy atom. The first-order chi connectivity index (χ1) is 11.2. The molecule has 0 saturated carbocycles. The van der Waals surface area contributed by atoms with Crippen LogP contribution in [0.15, 0.2) is 24.7 Å². The highest BCUT2D eigenvalue weighted by Gasteiger charge is 2.31. The number of ether oxygens (including phenoxy) is 1. The molecule has 0 bridgehead atoms. The quantitative estimate of drug-likeness (QED) is 0.870. The molecule has 2 atom stereocenters. The van der Waals surface area contributed by atoms with Crippen LogP contribution in [0.5, 0.6) is 0 Å². The molecule has 122 valence electrons. The van der Waals surface area contributed by atoms with Crippen LogP contribution in [0.3, 0.4) is 0 Å². The van der Waals surface area contributed by atoms with E-state index in [1.165, 1.54) is 0 Å². The first-order valence-electron chi connectivity index (χ1n) is 8.13. The van der Waals surface area contributed by atoms with Gasteiger partial charge in [0.1, 0.15) is 5.52 Å². The molecule has 4 heterocycles. The topological polar surface area (TPSA) is 80.4 Å². The van der Waals surface area contributed by atoms with Crippen LogP contribution >= 0.6 is 0 Å². The van der Waals surface area contributed by atoms with Gasteiger partial charge < -0.3 is 15.4 Å². The van der Waals surface area contributed by atoms with E-state index in [4.69, 9.17) is 10.5 Å². The lowest BCUT2D eigenvalue weighted by atomic mass is 10.1. The molecular weight excluding hydrogens is 292 g/mol. The fraction of sp³-hybridized carbons (Fsp3) is 0.562. The molecule has 0 radical (unpaired) electrons. The number of anilines is 1. The van der Waals surface area contributed by atoms with Crippen molar-refractivity contribution in [3.63, 3.8) is 0 Å². The van der Waals surface area contributed by atoms with Crippen molar-refractivity contribution in [2.75, 3.05) is 37.6 Å². The summed E-state index contributed by atoms with van der Waals surface area (Å²) in [5.74, 6) is 0. The van der Waals surface area contributed by atoms with Gasteiger partial charge in [0.05, 0.1) is 17.9 Å². The first-order valence-corrected chi connectivity index (χ1v) is 8.13. The van der Waals surface area contributed by atoms with Crippen LogP contribution in [0.2, 0.25) is 0 Å². The molecule has 23 heavy (non-hydrogen) atoms.